The fourth-order valence-electron chi connectivity index (χ4n) is 0.958. The Kier molecular flexibility index (Phi) is 5.13. The minimum Gasteiger partial charge on any atom is -1.00 e. The van der Waals surface area contributed by atoms with E-state index in [1.807, 2.05) is 4.98 Å². The van der Waals surface area contributed by atoms with E-state index in [1.165, 1.54) is 0 Å². The van der Waals surface area contributed by atoms with Gasteiger partial charge in [0.05, 0.1) is 0 Å². The quantitative estimate of drug-likeness (QED) is 0.328. The SMILES string of the molecule is O=c1[nH]c(=O)c2[nH]c(=O)[nH]c2[nH]1.[H-].[H-].[Na+].[Na+]. The van der Waals surface area contributed by atoms with Crippen LogP contribution in [0.25, 0.3) is 11.2 Å². The fraction of sp³-hybridized carbons (Fsp3) is 0. The first-order valence-electron chi connectivity index (χ1n) is 3.11. The minimum atomic E-state index is -0.650. The summed E-state index contributed by atoms with van der Waals surface area (Å²) < 4.78 is 0. The number of hydrogen-bond donors (Lipinski definition) is 4. The number of H-pyrrole nitrogens is 4. The standard InChI is InChI=1S/C5H4N4O3.2Na.2H/c10-3-1-2(7-4(11)6-1)8-5(12)9-3;;;;/h(H4,6,7,8,9,10,11,12);;;;/q;2*+1;2*-1. The van der Waals surface area contributed by atoms with Crippen LogP contribution in [0.3, 0.4) is 0 Å². The number of fused-ring (bicyclic) bond motifs is 1. The van der Waals surface area contributed by atoms with Crippen molar-refractivity contribution in [3.63, 3.8) is 0 Å². The smallest absolute Gasteiger partial charge is 1.00 e. The predicted molar refractivity (Wildman–Crippen MR) is 42.4 cm³/mol. The van der Waals surface area contributed by atoms with Crippen molar-refractivity contribution in [2.45, 2.75) is 0 Å². The van der Waals surface area contributed by atoms with Crippen molar-refractivity contribution in [2.75, 3.05) is 0 Å². The van der Waals surface area contributed by atoms with Crippen LogP contribution >= 0.6 is 0 Å². The number of rotatable bonds is 0. The molecule has 2 rings (SSSR count). The molecule has 0 amide bonds. The van der Waals surface area contributed by atoms with Crippen molar-refractivity contribution >= 4 is 11.2 Å². The van der Waals surface area contributed by atoms with Gasteiger partial charge in [-0.15, -0.1) is 0 Å². The number of nitrogens with one attached hydrogen (secondary N) is 4. The first-order chi connectivity index (χ1) is 5.66. The number of hydrogen-bond acceptors (Lipinski definition) is 3. The van der Waals surface area contributed by atoms with Gasteiger partial charge in [-0.1, -0.05) is 0 Å². The van der Waals surface area contributed by atoms with Crippen LogP contribution in [0.1, 0.15) is 2.85 Å². The zero-order chi connectivity index (χ0) is 8.72. The van der Waals surface area contributed by atoms with Gasteiger partial charge in [-0.05, 0) is 0 Å². The van der Waals surface area contributed by atoms with E-state index < -0.39 is 16.9 Å². The Morgan fingerprint density at radius 1 is 0.786 bits per heavy atom. The van der Waals surface area contributed by atoms with E-state index >= 15 is 0 Å². The number of aromatic nitrogens is 4. The van der Waals surface area contributed by atoms with E-state index in [4.69, 9.17) is 0 Å². The van der Waals surface area contributed by atoms with Gasteiger partial charge in [0.25, 0.3) is 5.56 Å². The maximum Gasteiger partial charge on any atom is 1.00 e. The van der Waals surface area contributed by atoms with Gasteiger partial charge >= 0.3 is 70.5 Å². The predicted octanol–water partition coefficient (Wildman–Crippen LogP) is -7.53. The van der Waals surface area contributed by atoms with Crippen LogP contribution in [-0.2, 0) is 0 Å². The Morgan fingerprint density at radius 3 is 1.86 bits per heavy atom. The van der Waals surface area contributed by atoms with Crippen LogP contribution in [0, 0.1) is 0 Å². The molecule has 0 unspecified atom stereocenters. The van der Waals surface area contributed by atoms with Crippen LogP contribution in [0.2, 0.25) is 0 Å². The minimum absolute atomic E-state index is 0. The Bertz CT molecular complexity index is 600. The van der Waals surface area contributed by atoms with Gasteiger partial charge in [-0.3, -0.25) is 24.7 Å². The van der Waals surface area contributed by atoms with E-state index in [0.29, 0.717) is 0 Å². The van der Waals surface area contributed by atoms with Crippen LogP contribution in [0.5, 0.6) is 0 Å². The van der Waals surface area contributed by atoms with Gasteiger partial charge in [0.2, 0.25) is 0 Å². The third-order valence-electron chi connectivity index (χ3n) is 1.42. The van der Waals surface area contributed by atoms with Crippen LogP contribution in [0.4, 0.5) is 0 Å². The van der Waals surface area contributed by atoms with Gasteiger partial charge in [-0.2, -0.15) is 0 Å². The topological polar surface area (TPSA) is 114 Å². The fourth-order valence-corrected chi connectivity index (χ4v) is 0.958. The average molecular weight is 216 g/mol. The molecule has 0 saturated heterocycles. The third-order valence-corrected chi connectivity index (χ3v) is 1.42. The van der Waals surface area contributed by atoms with E-state index in [2.05, 4.69) is 15.0 Å². The molecule has 0 aromatic carbocycles. The molecular formula is C5H6N4Na2O3. The van der Waals surface area contributed by atoms with Gasteiger partial charge in [-0.25, -0.2) is 9.59 Å². The first kappa shape index (κ1) is 13.9. The molecule has 0 atom stereocenters. The van der Waals surface area contributed by atoms with Gasteiger partial charge in [0.1, 0.15) is 11.2 Å². The first-order valence-corrected chi connectivity index (χ1v) is 3.11. The molecule has 0 bridgehead atoms. The molecule has 14 heavy (non-hydrogen) atoms. The molecule has 0 radical (unpaired) electrons. The van der Waals surface area contributed by atoms with E-state index in [-0.39, 0.29) is 73.1 Å². The number of imidazole rings is 1. The maximum atomic E-state index is 10.9. The summed E-state index contributed by atoms with van der Waals surface area (Å²) >= 11 is 0. The molecule has 2 aromatic heterocycles. The molecule has 2 aromatic rings. The summed E-state index contributed by atoms with van der Waals surface area (Å²) in [6.07, 6.45) is 0. The molecule has 2 heterocycles. The average Bonchev–Trinajstić information content (AvgIpc) is 2.29. The summed E-state index contributed by atoms with van der Waals surface area (Å²) in [5.41, 5.74) is -1.65. The van der Waals surface area contributed by atoms with E-state index in [1.54, 1.807) is 0 Å². The summed E-state index contributed by atoms with van der Waals surface area (Å²) in [7, 11) is 0. The van der Waals surface area contributed by atoms with Crippen molar-refractivity contribution in [3.05, 3.63) is 31.3 Å². The molecule has 7 nitrogen and oxygen atoms in total. The summed E-state index contributed by atoms with van der Waals surface area (Å²) in [5, 5.41) is 0. The molecule has 0 spiro atoms. The van der Waals surface area contributed by atoms with Crippen molar-refractivity contribution < 1.29 is 62.0 Å². The molecule has 0 saturated carbocycles. The van der Waals surface area contributed by atoms with Gasteiger partial charge in [0, 0.05) is 0 Å². The zero-order valence-corrected chi connectivity index (χ0v) is 11.7. The summed E-state index contributed by atoms with van der Waals surface area (Å²) in [6.45, 7) is 0. The Balaban J connectivity index is -0.000000422. The second-order valence-electron chi connectivity index (χ2n) is 2.24. The molecule has 0 aliphatic rings. The normalized spacial score (nSPS) is 9.14. The molecule has 66 valence electrons. The van der Waals surface area contributed by atoms with Crippen molar-refractivity contribution in [1.82, 2.24) is 19.9 Å². The molecule has 0 aliphatic carbocycles. The summed E-state index contributed by atoms with van der Waals surface area (Å²) in [6, 6.07) is 0. The van der Waals surface area contributed by atoms with Crippen LogP contribution < -0.4 is 76.1 Å². The van der Waals surface area contributed by atoms with Crippen molar-refractivity contribution in [3.8, 4) is 0 Å². The molecular weight excluding hydrogens is 210 g/mol. The zero-order valence-electron chi connectivity index (χ0n) is 9.72. The monoisotopic (exact) mass is 216 g/mol. The van der Waals surface area contributed by atoms with E-state index in [9.17, 15) is 14.4 Å². The van der Waals surface area contributed by atoms with Crippen LogP contribution in [-0.4, -0.2) is 19.9 Å². The van der Waals surface area contributed by atoms with Crippen LogP contribution in [0.15, 0.2) is 14.4 Å². The third kappa shape index (κ3) is 2.50. The molecule has 0 fully saturated rings. The molecule has 4 N–H and O–H groups in total. The van der Waals surface area contributed by atoms with Crippen molar-refractivity contribution in [1.29, 1.82) is 0 Å². The number of aromatic amines is 4. The van der Waals surface area contributed by atoms with Crippen molar-refractivity contribution in [2.24, 2.45) is 0 Å². The van der Waals surface area contributed by atoms with Gasteiger partial charge in [0.15, 0.2) is 0 Å². The second kappa shape index (κ2) is 5.15. The Hall–Kier alpha value is -0.0500. The summed E-state index contributed by atoms with van der Waals surface area (Å²) in [5.74, 6) is 0. The Morgan fingerprint density at radius 2 is 1.29 bits per heavy atom. The summed E-state index contributed by atoms with van der Waals surface area (Å²) in [4.78, 5) is 41.0. The maximum absolute atomic E-state index is 10.9. The molecule has 9 heteroatoms. The largest absolute Gasteiger partial charge is 1.00 e. The van der Waals surface area contributed by atoms with E-state index in [0.717, 1.165) is 0 Å². The Labute approximate surface area is 123 Å². The molecule has 0 aliphatic heterocycles. The second-order valence-corrected chi connectivity index (χ2v) is 2.24. The van der Waals surface area contributed by atoms with Gasteiger partial charge < -0.3 is 2.85 Å².